The number of likely N-dealkylation sites (N-methyl/N-ethyl adjacent to an activating group) is 2. The number of hydrogen-bond acceptors (Lipinski definition) is 11. The van der Waals surface area contributed by atoms with E-state index in [-0.39, 0.29) is 60.7 Å². The Morgan fingerprint density at radius 3 is 1.82 bits per heavy atom. The molecule has 20 heteroatoms. The van der Waals surface area contributed by atoms with Gasteiger partial charge in [-0.25, -0.2) is 22.7 Å². The minimum absolute atomic E-state index is 0.0290. The molecule has 432 valence electrons. The van der Waals surface area contributed by atoms with Crippen LogP contribution >= 0.6 is 0 Å². The fourth-order valence-corrected chi connectivity index (χ4v) is 10.9. The Morgan fingerprint density at radius 1 is 0.713 bits per heavy atom. The molecule has 0 heterocycles. The van der Waals surface area contributed by atoms with Gasteiger partial charge in [0.15, 0.2) is 0 Å². The highest BCUT2D eigenvalue weighted by Crippen LogP contribution is 2.44. The number of rotatable bonds is 25. The van der Waals surface area contributed by atoms with E-state index < -0.39 is 92.7 Å². The summed E-state index contributed by atoms with van der Waals surface area (Å²) in [4.78, 5) is 95.5. The molecule has 1 aliphatic rings. The summed E-state index contributed by atoms with van der Waals surface area (Å²) in [6.45, 7) is 18.2. The SMILES string of the molecule is CN[C@H](C(=O)N[C@H](C(=O)N(C)[C@H](/C=C(\C)C(=O)NS(=O)(=O)c1ccc(CNC(=O)[C@H](CCCNC(N)=O)NC(=O)[C@@H](NC(=O)OCC2c3ccccc3-c3ccccc32)C(C)C)cc1)C(C)C)C(C)(C)C)C(C)(C)c1ccccc1. The molecule has 4 aromatic rings. The fourth-order valence-electron chi connectivity index (χ4n) is 9.87. The van der Waals surface area contributed by atoms with Crippen LogP contribution in [-0.2, 0) is 50.7 Å². The van der Waals surface area contributed by atoms with Crippen LogP contribution in [0.25, 0.3) is 11.1 Å². The number of amides is 8. The molecule has 0 saturated carbocycles. The third kappa shape index (κ3) is 16.3. The Morgan fingerprint density at radius 2 is 1.29 bits per heavy atom. The number of ether oxygens (including phenoxy) is 1. The molecule has 0 saturated heterocycles. The number of benzene rings is 4. The van der Waals surface area contributed by atoms with Crippen molar-refractivity contribution in [2.45, 2.75) is 135 Å². The summed E-state index contributed by atoms with van der Waals surface area (Å²) in [5, 5.41) is 16.8. The molecule has 0 unspecified atom stereocenters. The van der Waals surface area contributed by atoms with Crippen molar-refractivity contribution >= 4 is 51.7 Å². The monoisotopic (exact) mass is 1120 g/mol. The normalized spacial score (nSPS) is 14.6. The zero-order valence-corrected chi connectivity index (χ0v) is 48.9. The Kier molecular flexibility index (Phi) is 21.8. The van der Waals surface area contributed by atoms with Crippen molar-refractivity contribution in [3.63, 3.8) is 0 Å². The Labute approximate surface area is 471 Å². The van der Waals surface area contributed by atoms with Gasteiger partial charge in [0, 0.05) is 37.0 Å². The number of hydrogen-bond donors (Lipinski definition) is 8. The molecule has 19 nitrogen and oxygen atoms in total. The first-order valence-electron chi connectivity index (χ1n) is 27.0. The van der Waals surface area contributed by atoms with Gasteiger partial charge >= 0.3 is 12.1 Å². The van der Waals surface area contributed by atoms with Gasteiger partial charge in [0.25, 0.3) is 15.9 Å². The van der Waals surface area contributed by atoms with E-state index >= 15 is 0 Å². The maximum Gasteiger partial charge on any atom is 0.407 e. The van der Waals surface area contributed by atoms with Crippen LogP contribution in [0, 0.1) is 17.3 Å². The first-order valence-corrected chi connectivity index (χ1v) is 28.4. The lowest BCUT2D eigenvalue weighted by Crippen LogP contribution is -2.61. The second-order valence-electron chi connectivity index (χ2n) is 22.6. The highest BCUT2D eigenvalue weighted by Gasteiger charge is 2.42. The molecule has 1 aliphatic carbocycles. The lowest BCUT2D eigenvalue weighted by Gasteiger charge is -2.40. The average Bonchev–Trinajstić information content (AvgIpc) is 3.82. The van der Waals surface area contributed by atoms with E-state index in [9.17, 15) is 42.0 Å². The van der Waals surface area contributed by atoms with Gasteiger partial charge in [0.05, 0.1) is 17.0 Å². The van der Waals surface area contributed by atoms with Crippen LogP contribution in [0.2, 0.25) is 0 Å². The van der Waals surface area contributed by atoms with Gasteiger partial charge < -0.3 is 47.3 Å². The van der Waals surface area contributed by atoms with E-state index in [0.29, 0.717) is 5.56 Å². The number of nitrogens with two attached hydrogens (primary N) is 1. The number of primary amides is 1. The highest BCUT2D eigenvalue weighted by molar-refractivity contribution is 7.90. The minimum atomic E-state index is -4.42. The van der Waals surface area contributed by atoms with Gasteiger partial charge in [-0.2, -0.15) is 0 Å². The standard InChI is InChI=1S/C60H81N9O10S/c1-36(2)48(69(12)56(74)51(59(6,7)8)67-55(73)50(62-11)60(9,10)40-21-14-13-15-22-40)33-38(5)52(70)68-80(77,78)41-30-28-39(29-31-41)34-64-53(71)47(27-20-32-63-57(61)75)65-54(72)49(37(3)4)66-58(76)79-35-46-44-25-18-16-23-42(44)43-24-17-19-26-45(43)46/h13-19,21-26,28-31,33,36-37,46-51,62H,20,27,32,34-35H2,1-12H3,(H,64,71)(H,65,72)(H,66,76)(H,67,73)(H,68,70)(H3,61,63,75)/b38-33+/t47-,48+,49-,50+,51+/m0/s1. The number of nitrogens with one attached hydrogen (secondary N) is 7. The van der Waals surface area contributed by atoms with Gasteiger partial charge in [0.1, 0.15) is 24.7 Å². The number of sulfonamides is 1. The van der Waals surface area contributed by atoms with E-state index in [1.165, 1.54) is 42.2 Å². The van der Waals surface area contributed by atoms with Crippen LogP contribution in [0.4, 0.5) is 9.59 Å². The van der Waals surface area contributed by atoms with Gasteiger partial charge in [-0.3, -0.25) is 24.0 Å². The van der Waals surface area contributed by atoms with Crippen molar-refractivity contribution in [1.82, 2.24) is 41.5 Å². The molecule has 9 N–H and O–H groups in total. The molecular weight excluding hydrogens is 1040 g/mol. The molecule has 0 aromatic heterocycles. The van der Waals surface area contributed by atoms with Crippen molar-refractivity contribution in [2.24, 2.45) is 23.0 Å². The lowest BCUT2D eigenvalue weighted by molar-refractivity contribution is -0.141. The number of fused-ring (bicyclic) bond motifs is 3. The molecule has 0 spiro atoms. The molecule has 0 bridgehead atoms. The summed E-state index contributed by atoms with van der Waals surface area (Å²) in [5.74, 6) is -3.78. The first kappa shape index (κ1) is 63.3. The van der Waals surface area contributed by atoms with E-state index in [1.807, 2.05) is 127 Å². The van der Waals surface area contributed by atoms with Crippen molar-refractivity contribution < 1.29 is 46.7 Å². The van der Waals surface area contributed by atoms with E-state index in [1.54, 1.807) is 27.9 Å². The molecule has 0 radical (unpaired) electrons. The van der Waals surface area contributed by atoms with Crippen LogP contribution in [0.15, 0.2) is 120 Å². The molecule has 0 fully saturated rings. The largest absolute Gasteiger partial charge is 0.449 e. The fraction of sp³-hybridized carbons (Fsp3) is 0.450. The van der Waals surface area contributed by atoms with Gasteiger partial charge in [-0.15, -0.1) is 0 Å². The van der Waals surface area contributed by atoms with Crippen molar-refractivity contribution in [3.8, 4) is 11.1 Å². The van der Waals surface area contributed by atoms with Crippen LogP contribution in [-0.4, -0.2) is 112 Å². The molecule has 4 aromatic carbocycles. The van der Waals surface area contributed by atoms with Crippen LogP contribution in [0.1, 0.15) is 110 Å². The average molecular weight is 1120 g/mol. The minimum Gasteiger partial charge on any atom is -0.449 e. The molecule has 0 aliphatic heterocycles. The number of urea groups is 1. The smallest absolute Gasteiger partial charge is 0.407 e. The summed E-state index contributed by atoms with van der Waals surface area (Å²) >= 11 is 0. The highest BCUT2D eigenvalue weighted by atomic mass is 32.2. The summed E-state index contributed by atoms with van der Waals surface area (Å²) < 4.78 is 35.0. The predicted molar refractivity (Wildman–Crippen MR) is 308 cm³/mol. The predicted octanol–water partition coefficient (Wildman–Crippen LogP) is 6.13. The number of nitrogens with zero attached hydrogens (tertiary/aromatic N) is 1. The summed E-state index contributed by atoms with van der Waals surface area (Å²) in [6.07, 6.45) is 1.04. The van der Waals surface area contributed by atoms with Crippen LogP contribution in [0.5, 0.6) is 0 Å². The number of alkyl carbamates (subject to hydrolysis) is 1. The Hall–Kier alpha value is -7.58. The maximum absolute atomic E-state index is 14.4. The van der Waals surface area contributed by atoms with Crippen LogP contribution in [0.3, 0.4) is 0 Å². The Bertz CT molecular complexity index is 2950. The quantitative estimate of drug-likeness (QED) is 0.0276. The van der Waals surface area contributed by atoms with Crippen molar-refractivity contribution in [2.75, 3.05) is 27.2 Å². The Balaban J connectivity index is 1.20. The van der Waals surface area contributed by atoms with E-state index in [0.717, 1.165) is 27.8 Å². The second-order valence-corrected chi connectivity index (χ2v) is 24.3. The van der Waals surface area contributed by atoms with E-state index in [2.05, 4.69) is 36.6 Å². The number of carbonyl (C=O) groups excluding carboxylic acids is 7. The summed E-state index contributed by atoms with van der Waals surface area (Å²) in [5.41, 5.74) is 9.49. The molecule has 8 amide bonds. The van der Waals surface area contributed by atoms with Crippen molar-refractivity contribution in [1.29, 1.82) is 0 Å². The third-order valence-corrected chi connectivity index (χ3v) is 15.9. The molecule has 80 heavy (non-hydrogen) atoms. The maximum atomic E-state index is 14.4. The zero-order chi connectivity index (χ0) is 59.3. The van der Waals surface area contributed by atoms with E-state index in [4.69, 9.17) is 10.5 Å². The van der Waals surface area contributed by atoms with Gasteiger partial charge in [0.2, 0.25) is 23.6 Å². The third-order valence-electron chi connectivity index (χ3n) is 14.5. The molecular formula is C60H81N9O10S. The van der Waals surface area contributed by atoms with Gasteiger partial charge in [-0.1, -0.05) is 159 Å². The second kappa shape index (κ2) is 27.5. The topological polar surface area (TPSA) is 276 Å². The number of carbonyl (C=O) groups is 7. The zero-order valence-electron chi connectivity index (χ0n) is 48.1. The molecule has 5 atom stereocenters. The molecule has 5 rings (SSSR count). The van der Waals surface area contributed by atoms with Gasteiger partial charge in [-0.05, 0) is 89.6 Å². The summed E-state index contributed by atoms with van der Waals surface area (Å²) in [6, 6.07) is 25.6. The van der Waals surface area contributed by atoms with Crippen molar-refractivity contribution in [3.05, 3.63) is 137 Å². The lowest BCUT2D eigenvalue weighted by atomic mass is 9.76. The van der Waals surface area contributed by atoms with Crippen LogP contribution < -0.4 is 42.4 Å². The first-order chi connectivity index (χ1) is 37.6. The summed E-state index contributed by atoms with van der Waals surface area (Å²) in [7, 11) is -1.14.